The predicted octanol–water partition coefficient (Wildman–Crippen LogP) is 3.30. The van der Waals surface area contributed by atoms with Gasteiger partial charge in [0.05, 0.1) is 6.61 Å². The van der Waals surface area contributed by atoms with E-state index in [1.54, 1.807) is 0 Å². The van der Waals surface area contributed by atoms with Crippen molar-refractivity contribution in [3.8, 4) is 11.1 Å². The van der Waals surface area contributed by atoms with E-state index in [2.05, 4.69) is 22.8 Å². The highest BCUT2D eigenvalue weighted by molar-refractivity contribution is 5.84. The monoisotopic (exact) mass is 454 g/mol. The first-order valence-corrected chi connectivity index (χ1v) is 11.1. The first kappa shape index (κ1) is 24.3. The van der Waals surface area contributed by atoms with E-state index in [9.17, 15) is 14.4 Å². The molecule has 1 aliphatic carbocycles. The minimum absolute atomic E-state index is 0.0501. The van der Waals surface area contributed by atoms with Crippen molar-refractivity contribution in [2.45, 2.75) is 44.2 Å². The third-order valence-corrected chi connectivity index (χ3v) is 5.70. The minimum atomic E-state index is -1.18. The third-order valence-electron chi connectivity index (χ3n) is 5.70. The van der Waals surface area contributed by atoms with Gasteiger partial charge in [-0.05, 0) is 28.7 Å². The van der Waals surface area contributed by atoms with E-state index in [1.807, 2.05) is 43.3 Å². The quantitative estimate of drug-likeness (QED) is 0.480. The number of hydrogen-bond donors (Lipinski definition) is 3. The number of benzene rings is 2. The molecule has 2 aromatic carbocycles. The van der Waals surface area contributed by atoms with E-state index in [1.165, 1.54) is 7.11 Å². The van der Waals surface area contributed by atoms with E-state index in [-0.39, 0.29) is 25.6 Å². The Morgan fingerprint density at radius 1 is 1.00 bits per heavy atom. The van der Waals surface area contributed by atoms with Crippen LogP contribution in [0.1, 0.15) is 43.2 Å². The lowest BCUT2D eigenvalue weighted by atomic mass is 9.98. The van der Waals surface area contributed by atoms with Gasteiger partial charge >= 0.3 is 12.1 Å². The van der Waals surface area contributed by atoms with E-state index in [0.29, 0.717) is 6.42 Å². The standard InChI is InChI=1S/C25H30N2O6/c1-3-8-16(13-23(28)27-22(15-32-2)24(29)30)26-25(31)33-14-21-19-11-6-4-9-17(19)18-10-5-7-12-20(18)21/h4-7,9-12,16,21-22H,3,8,13-15H2,1-2H3,(H,26,31)(H,27,28)(H,29,30)/t16-,22?/m1/s1. The first-order chi connectivity index (χ1) is 15.9. The van der Waals surface area contributed by atoms with E-state index >= 15 is 0 Å². The molecule has 0 saturated carbocycles. The third kappa shape index (κ3) is 6.10. The zero-order valence-electron chi connectivity index (χ0n) is 18.9. The molecule has 0 heterocycles. The van der Waals surface area contributed by atoms with Crippen LogP contribution in [0.4, 0.5) is 4.79 Å². The van der Waals surface area contributed by atoms with Crippen molar-refractivity contribution in [3.05, 3.63) is 59.7 Å². The van der Waals surface area contributed by atoms with Gasteiger partial charge in [-0.1, -0.05) is 61.9 Å². The fourth-order valence-electron chi connectivity index (χ4n) is 4.20. The largest absolute Gasteiger partial charge is 0.480 e. The maximum absolute atomic E-state index is 12.5. The second kappa shape index (κ2) is 11.5. The van der Waals surface area contributed by atoms with Gasteiger partial charge in [0.15, 0.2) is 6.04 Å². The molecule has 0 aliphatic heterocycles. The van der Waals surface area contributed by atoms with Crippen LogP contribution in [0.15, 0.2) is 48.5 Å². The molecule has 33 heavy (non-hydrogen) atoms. The van der Waals surface area contributed by atoms with Gasteiger partial charge in [0.1, 0.15) is 6.61 Å². The molecule has 3 N–H and O–H groups in total. The molecular weight excluding hydrogens is 424 g/mol. The number of aliphatic carboxylic acids is 1. The minimum Gasteiger partial charge on any atom is -0.480 e. The van der Waals surface area contributed by atoms with Gasteiger partial charge in [-0.25, -0.2) is 9.59 Å². The molecule has 1 unspecified atom stereocenters. The summed E-state index contributed by atoms with van der Waals surface area (Å²) < 4.78 is 10.4. The van der Waals surface area contributed by atoms with Gasteiger partial charge in [0.2, 0.25) is 5.91 Å². The number of amides is 2. The Bertz CT molecular complexity index is 947. The predicted molar refractivity (Wildman–Crippen MR) is 123 cm³/mol. The van der Waals surface area contributed by atoms with Crippen LogP contribution in [-0.2, 0) is 19.1 Å². The van der Waals surface area contributed by atoms with E-state index < -0.39 is 30.1 Å². The van der Waals surface area contributed by atoms with Crippen LogP contribution in [-0.4, -0.2) is 55.5 Å². The van der Waals surface area contributed by atoms with Gasteiger partial charge in [0.25, 0.3) is 0 Å². The lowest BCUT2D eigenvalue weighted by Crippen LogP contribution is -2.46. The van der Waals surface area contributed by atoms with Crippen LogP contribution < -0.4 is 10.6 Å². The molecule has 3 rings (SSSR count). The maximum atomic E-state index is 12.5. The molecule has 1 aliphatic rings. The fourth-order valence-corrected chi connectivity index (χ4v) is 4.20. The molecule has 0 bridgehead atoms. The summed E-state index contributed by atoms with van der Waals surface area (Å²) in [4.78, 5) is 36.1. The van der Waals surface area contributed by atoms with Gasteiger partial charge < -0.3 is 25.2 Å². The average molecular weight is 455 g/mol. The van der Waals surface area contributed by atoms with Crippen LogP contribution in [0.5, 0.6) is 0 Å². The maximum Gasteiger partial charge on any atom is 0.407 e. The van der Waals surface area contributed by atoms with Crippen molar-refractivity contribution in [3.63, 3.8) is 0 Å². The Morgan fingerprint density at radius 2 is 1.61 bits per heavy atom. The van der Waals surface area contributed by atoms with Crippen molar-refractivity contribution in [1.29, 1.82) is 0 Å². The number of carbonyl (C=O) groups excluding carboxylic acids is 2. The van der Waals surface area contributed by atoms with E-state index in [4.69, 9.17) is 14.6 Å². The summed E-state index contributed by atoms with van der Waals surface area (Å²) in [6.45, 7) is 1.98. The SMILES string of the molecule is CCC[C@H](CC(=O)NC(COC)C(=O)O)NC(=O)OCC1c2ccccc2-c2ccccc21. The van der Waals surface area contributed by atoms with E-state index in [0.717, 1.165) is 28.7 Å². The van der Waals surface area contributed by atoms with Gasteiger partial charge in [-0.2, -0.15) is 0 Å². The highest BCUT2D eigenvalue weighted by atomic mass is 16.5. The van der Waals surface area contributed by atoms with Crippen LogP contribution in [0, 0.1) is 0 Å². The molecule has 8 nitrogen and oxygen atoms in total. The number of nitrogens with one attached hydrogen (secondary N) is 2. The number of methoxy groups -OCH3 is 1. The number of carbonyl (C=O) groups is 3. The van der Waals surface area contributed by atoms with Crippen LogP contribution in [0.2, 0.25) is 0 Å². The van der Waals surface area contributed by atoms with Crippen molar-refractivity contribution < 1.29 is 29.0 Å². The fraction of sp³-hybridized carbons (Fsp3) is 0.400. The average Bonchev–Trinajstić information content (AvgIpc) is 3.11. The van der Waals surface area contributed by atoms with Crippen LogP contribution in [0.25, 0.3) is 11.1 Å². The highest BCUT2D eigenvalue weighted by Crippen LogP contribution is 2.44. The Labute approximate surface area is 193 Å². The van der Waals surface area contributed by atoms with Gasteiger partial charge in [0, 0.05) is 25.5 Å². The van der Waals surface area contributed by atoms with Crippen molar-refractivity contribution >= 4 is 18.0 Å². The lowest BCUT2D eigenvalue weighted by molar-refractivity contribution is -0.143. The molecule has 2 amide bonds. The summed E-state index contributed by atoms with van der Waals surface area (Å²) in [5.74, 6) is -1.71. The Balaban J connectivity index is 1.58. The number of fused-ring (bicyclic) bond motifs is 3. The number of hydrogen-bond acceptors (Lipinski definition) is 5. The molecule has 0 spiro atoms. The lowest BCUT2D eigenvalue weighted by Gasteiger charge is -2.20. The zero-order chi connectivity index (χ0) is 23.8. The summed E-state index contributed by atoms with van der Waals surface area (Å²) >= 11 is 0. The van der Waals surface area contributed by atoms with Gasteiger partial charge in [-0.15, -0.1) is 0 Å². The zero-order valence-corrected chi connectivity index (χ0v) is 18.9. The molecule has 0 aromatic heterocycles. The second-order valence-corrected chi connectivity index (χ2v) is 8.07. The molecule has 176 valence electrons. The Kier molecular flexibility index (Phi) is 8.43. The number of rotatable bonds is 11. The topological polar surface area (TPSA) is 114 Å². The number of carboxylic acids is 1. The van der Waals surface area contributed by atoms with Crippen molar-refractivity contribution in [2.75, 3.05) is 20.3 Å². The summed E-state index contributed by atoms with van der Waals surface area (Å²) in [7, 11) is 1.36. The molecule has 2 atom stereocenters. The summed E-state index contributed by atoms with van der Waals surface area (Å²) in [6.07, 6.45) is 0.641. The molecular formula is C25H30N2O6. The molecule has 0 saturated heterocycles. The van der Waals surface area contributed by atoms with Crippen LogP contribution in [0.3, 0.4) is 0 Å². The highest BCUT2D eigenvalue weighted by Gasteiger charge is 2.29. The summed E-state index contributed by atoms with van der Waals surface area (Å²) in [6, 6.07) is 14.6. The molecule has 8 heteroatoms. The summed E-state index contributed by atoms with van der Waals surface area (Å²) in [5, 5.41) is 14.3. The summed E-state index contributed by atoms with van der Waals surface area (Å²) in [5.41, 5.74) is 4.53. The normalized spacial score (nSPS) is 14.0. The number of ether oxygens (including phenoxy) is 2. The Hall–Kier alpha value is -3.39. The first-order valence-electron chi connectivity index (χ1n) is 11.1. The smallest absolute Gasteiger partial charge is 0.407 e. The second-order valence-electron chi connectivity index (χ2n) is 8.07. The number of carboxylic acid groups (broad SMARTS) is 1. The van der Waals surface area contributed by atoms with Crippen molar-refractivity contribution in [2.24, 2.45) is 0 Å². The number of alkyl carbamates (subject to hydrolysis) is 1. The van der Waals surface area contributed by atoms with Crippen LogP contribution >= 0.6 is 0 Å². The van der Waals surface area contributed by atoms with Crippen molar-refractivity contribution in [1.82, 2.24) is 10.6 Å². The molecule has 0 radical (unpaired) electrons. The molecule has 2 aromatic rings. The Morgan fingerprint density at radius 3 is 2.15 bits per heavy atom. The molecule has 0 fully saturated rings. The van der Waals surface area contributed by atoms with Gasteiger partial charge in [-0.3, -0.25) is 4.79 Å².